The lowest BCUT2D eigenvalue weighted by Gasteiger charge is -2.22. The zero-order valence-electron chi connectivity index (χ0n) is 12.4. The Morgan fingerprint density at radius 3 is 2.16 bits per heavy atom. The van der Waals surface area contributed by atoms with Crippen molar-refractivity contribution in [1.29, 1.82) is 0 Å². The van der Waals surface area contributed by atoms with Crippen LogP contribution in [0.25, 0.3) is 0 Å². The van der Waals surface area contributed by atoms with Crippen LogP contribution < -0.4 is 5.32 Å². The number of hydrogen-bond donors (Lipinski definition) is 1. The summed E-state index contributed by atoms with van der Waals surface area (Å²) in [6, 6.07) is 0.370. The third-order valence-corrected chi connectivity index (χ3v) is 3.72. The maximum atomic E-state index is 12.1. The Hall–Kier alpha value is -1.10. The van der Waals surface area contributed by atoms with Gasteiger partial charge in [0, 0.05) is 38.6 Å². The molecule has 110 valence electrons. The first kappa shape index (κ1) is 16.0. The standard InChI is InChI=1S/C14H27N3O2/c1-4-12(3)15-11-14(19)17-8-6-7-16(9-10-17)13(18)5-2/h12,15H,4-11H2,1-3H3. The van der Waals surface area contributed by atoms with Gasteiger partial charge in [0.05, 0.1) is 6.54 Å². The zero-order chi connectivity index (χ0) is 14.3. The molecule has 0 radical (unpaired) electrons. The third kappa shape index (κ3) is 5.19. The largest absolute Gasteiger partial charge is 0.341 e. The Morgan fingerprint density at radius 2 is 1.63 bits per heavy atom. The smallest absolute Gasteiger partial charge is 0.236 e. The van der Waals surface area contributed by atoms with Crippen molar-refractivity contribution in [2.24, 2.45) is 0 Å². The first-order valence-corrected chi connectivity index (χ1v) is 7.37. The Bertz CT molecular complexity index is 307. The number of hydrogen-bond acceptors (Lipinski definition) is 3. The highest BCUT2D eigenvalue weighted by molar-refractivity contribution is 5.79. The van der Waals surface area contributed by atoms with E-state index in [4.69, 9.17) is 0 Å². The lowest BCUT2D eigenvalue weighted by atomic mass is 10.2. The van der Waals surface area contributed by atoms with Gasteiger partial charge < -0.3 is 15.1 Å². The Morgan fingerprint density at radius 1 is 1.05 bits per heavy atom. The van der Waals surface area contributed by atoms with Crippen molar-refractivity contribution in [2.45, 2.75) is 46.1 Å². The van der Waals surface area contributed by atoms with E-state index in [1.807, 2.05) is 16.7 Å². The first-order valence-electron chi connectivity index (χ1n) is 7.37. The van der Waals surface area contributed by atoms with Crippen molar-refractivity contribution >= 4 is 11.8 Å². The molecule has 1 rings (SSSR count). The molecule has 1 N–H and O–H groups in total. The van der Waals surface area contributed by atoms with Gasteiger partial charge in [0.25, 0.3) is 0 Å². The normalized spacial score (nSPS) is 18.1. The molecule has 0 saturated carbocycles. The topological polar surface area (TPSA) is 52.7 Å². The number of nitrogens with one attached hydrogen (secondary N) is 1. The molecule has 1 atom stereocenters. The van der Waals surface area contributed by atoms with Crippen LogP contribution in [0.1, 0.15) is 40.0 Å². The molecule has 0 aromatic carbocycles. The molecule has 0 aromatic rings. The van der Waals surface area contributed by atoms with Crippen LogP contribution in [0, 0.1) is 0 Å². The van der Waals surface area contributed by atoms with Gasteiger partial charge in [-0.15, -0.1) is 0 Å². The molecule has 1 aliphatic rings. The molecule has 1 aliphatic heterocycles. The summed E-state index contributed by atoms with van der Waals surface area (Å²) in [6.45, 7) is 9.32. The van der Waals surface area contributed by atoms with E-state index < -0.39 is 0 Å². The van der Waals surface area contributed by atoms with E-state index >= 15 is 0 Å². The Kier molecular flexibility index (Phi) is 6.84. The van der Waals surface area contributed by atoms with Crippen molar-refractivity contribution in [3.63, 3.8) is 0 Å². The molecule has 0 spiro atoms. The lowest BCUT2D eigenvalue weighted by Crippen LogP contribution is -2.42. The summed E-state index contributed by atoms with van der Waals surface area (Å²) in [6.07, 6.45) is 2.44. The quantitative estimate of drug-likeness (QED) is 0.805. The molecule has 1 saturated heterocycles. The SMILES string of the molecule is CCC(=O)N1CCCN(C(=O)CNC(C)CC)CC1. The summed E-state index contributed by atoms with van der Waals surface area (Å²) in [5.74, 6) is 0.332. The highest BCUT2D eigenvalue weighted by atomic mass is 16.2. The second-order valence-electron chi connectivity index (χ2n) is 5.16. The van der Waals surface area contributed by atoms with Gasteiger partial charge in [0.2, 0.25) is 11.8 Å². The molecule has 1 heterocycles. The minimum Gasteiger partial charge on any atom is -0.341 e. The number of carbonyl (C=O) groups is 2. The average Bonchev–Trinajstić information content (AvgIpc) is 2.69. The van der Waals surface area contributed by atoms with E-state index in [9.17, 15) is 9.59 Å². The van der Waals surface area contributed by atoms with E-state index in [2.05, 4.69) is 19.2 Å². The fourth-order valence-corrected chi connectivity index (χ4v) is 2.16. The molecule has 0 aromatic heterocycles. The monoisotopic (exact) mass is 269 g/mol. The van der Waals surface area contributed by atoms with Gasteiger partial charge >= 0.3 is 0 Å². The minimum absolute atomic E-state index is 0.145. The molecule has 1 unspecified atom stereocenters. The van der Waals surface area contributed by atoms with Crippen molar-refractivity contribution in [3.05, 3.63) is 0 Å². The van der Waals surface area contributed by atoms with Gasteiger partial charge in [-0.25, -0.2) is 0 Å². The highest BCUT2D eigenvalue weighted by Gasteiger charge is 2.20. The number of nitrogens with zero attached hydrogens (tertiary/aromatic N) is 2. The maximum absolute atomic E-state index is 12.1. The van der Waals surface area contributed by atoms with Crippen LogP contribution in [-0.2, 0) is 9.59 Å². The molecule has 5 heteroatoms. The van der Waals surface area contributed by atoms with Crippen LogP contribution in [0.2, 0.25) is 0 Å². The summed E-state index contributed by atoms with van der Waals surface area (Å²) in [4.78, 5) is 27.5. The highest BCUT2D eigenvalue weighted by Crippen LogP contribution is 2.05. The van der Waals surface area contributed by atoms with E-state index in [0.717, 1.165) is 25.9 Å². The van der Waals surface area contributed by atoms with Gasteiger partial charge in [-0.2, -0.15) is 0 Å². The van der Waals surface area contributed by atoms with Gasteiger partial charge in [0.15, 0.2) is 0 Å². The molecule has 0 aliphatic carbocycles. The molecule has 5 nitrogen and oxygen atoms in total. The Balaban J connectivity index is 2.39. The van der Waals surface area contributed by atoms with Crippen molar-refractivity contribution < 1.29 is 9.59 Å². The van der Waals surface area contributed by atoms with Crippen molar-refractivity contribution in [3.8, 4) is 0 Å². The van der Waals surface area contributed by atoms with Gasteiger partial charge in [-0.3, -0.25) is 9.59 Å². The fourth-order valence-electron chi connectivity index (χ4n) is 2.16. The predicted molar refractivity (Wildman–Crippen MR) is 75.8 cm³/mol. The van der Waals surface area contributed by atoms with E-state index in [1.54, 1.807) is 0 Å². The Labute approximate surface area is 116 Å². The minimum atomic E-state index is 0.145. The van der Waals surface area contributed by atoms with Gasteiger partial charge in [0.1, 0.15) is 0 Å². The van der Waals surface area contributed by atoms with Crippen LogP contribution in [0.3, 0.4) is 0 Å². The molecular weight excluding hydrogens is 242 g/mol. The molecule has 2 amide bonds. The molecule has 0 bridgehead atoms. The predicted octanol–water partition coefficient (Wildman–Crippen LogP) is 0.845. The van der Waals surface area contributed by atoms with Crippen LogP contribution >= 0.6 is 0 Å². The molecule has 19 heavy (non-hydrogen) atoms. The van der Waals surface area contributed by atoms with E-state index in [1.165, 1.54) is 0 Å². The summed E-state index contributed by atoms with van der Waals surface area (Å²) >= 11 is 0. The summed E-state index contributed by atoms with van der Waals surface area (Å²) < 4.78 is 0. The first-order chi connectivity index (χ1) is 9.08. The lowest BCUT2D eigenvalue weighted by molar-refractivity contribution is -0.132. The van der Waals surface area contributed by atoms with Gasteiger partial charge in [-0.1, -0.05) is 13.8 Å². The zero-order valence-corrected chi connectivity index (χ0v) is 12.4. The van der Waals surface area contributed by atoms with Crippen LogP contribution in [0.5, 0.6) is 0 Å². The summed E-state index contributed by atoms with van der Waals surface area (Å²) in [7, 11) is 0. The molecule has 1 fully saturated rings. The third-order valence-electron chi connectivity index (χ3n) is 3.72. The van der Waals surface area contributed by atoms with Crippen LogP contribution in [0.15, 0.2) is 0 Å². The number of carbonyl (C=O) groups excluding carboxylic acids is 2. The second-order valence-corrected chi connectivity index (χ2v) is 5.16. The summed E-state index contributed by atoms with van der Waals surface area (Å²) in [5.41, 5.74) is 0. The number of rotatable bonds is 5. The van der Waals surface area contributed by atoms with Crippen molar-refractivity contribution in [2.75, 3.05) is 32.7 Å². The number of amides is 2. The van der Waals surface area contributed by atoms with E-state index in [0.29, 0.717) is 32.1 Å². The fraction of sp³-hybridized carbons (Fsp3) is 0.857. The van der Waals surface area contributed by atoms with Crippen LogP contribution in [0.4, 0.5) is 0 Å². The average molecular weight is 269 g/mol. The van der Waals surface area contributed by atoms with Crippen molar-refractivity contribution in [1.82, 2.24) is 15.1 Å². The van der Waals surface area contributed by atoms with Gasteiger partial charge in [-0.05, 0) is 19.8 Å². The molecular formula is C14H27N3O2. The van der Waals surface area contributed by atoms with Crippen LogP contribution in [-0.4, -0.2) is 60.4 Å². The summed E-state index contributed by atoms with van der Waals surface area (Å²) in [5, 5.41) is 3.22. The second kappa shape index (κ2) is 8.15. The maximum Gasteiger partial charge on any atom is 0.236 e. The van der Waals surface area contributed by atoms with E-state index in [-0.39, 0.29) is 11.8 Å².